The fourth-order valence-corrected chi connectivity index (χ4v) is 1.93. The molecule has 1 aliphatic carbocycles. The van der Waals surface area contributed by atoms with Crippen molar-refractivity contribution in [2.45, 2.75) is 33.1 Å². The van der Waals surface area contributed by atoms with E-state index < -0.39 is 0 Å². The third-order valence-corrected chi connectivity index (χ3v) is 3.22. The summed E-state index contributed by atoms with van der Waals surface area (Å²) in [7, 11) is 1.90. The monoisotopic (exact) mass is 179 g/mol. The van der Waals surface area contributed by atoms with E-state index >= 15 is 0 Å². The van der Waals surface area contributed by atoms with E-state index in [4.69, 9.17) is 5.73 Å². The van der Waals surface area contributed by atoms with Gasteiger partial charge in [0.1, 0.15) is 5.82 Å². The van der Waals surface area contributed by atoms with Crippen LogP contribution in [-0.2, 0) is 7.05 Å². The Labute approximate surface area is 78.9 Å². The van der Waals surface area contributed by atoms with Gasteiger partial charge in [0.2, 0.25) is 0 Å². The van der Waals surface area contributed by atoms with Gasteiger partial charge in [0.05, 0.1) is 5.69 Å². The van der Waals surface area contributed by atoms with Crippen LogP contribution in [-0.4, -0.2) is 9.78 Å². The molecule has 1 heterocycles. The van der Waals surface area contributed by atoms with Gasteiger partial charge in [-0.15, -0.1) is 0 Å². The van der Waals surface area contributed by atoms with Crippen molar-refractivity contribution in [3.05, 3.63) is 11.3 Å². The second-order valence-corrected chi connectivity index (χ2v) is 4.76. The second kappa shape index (κ2) is 2.28. The zero-order valence-corrected chi connectivity index (χ0v) is 8.76. The molecular weight excluding hydrogens is 162 g/mol. The van der Waals surface area contributed by atoms with Gasteiger partial charge in [0.15, 0.2) is 0 Å². The third kappa shape index (κ3) is 1.14. The van der Waals surface area contributed by atoms with Gasteiger partial charge in [-0.3, -0.25) is 4.68 Å². The first-order valence-electron chi connectivity index (χ1n) is 4.72. The number of rotatable bonds is 1. The maximum atomic E-state index is 5.86. The maximum Gasteiger partial charge on any atom is 0.124 e. The Morgan fingerprint density at radius 2 is 2.08 bits per heavy atom. The predicted octanol–water partition coefficient (Wildman–Crippen LogP) is 1.82. The maximum absolute atomic E-state index is 5.86. The molecule has 0 radical (unpaired) electrons. The lowest BCUT2D eigenvalue weighted by Gasteiger charge is -2.00. The first kappa shape index (κ1) is 8.60. The Morgan fingerprint density at radius 1 is 1.54 bits per heavy atom. The molecule has 2 rings (SSSR count). The van der Waals surface area contributed by atoms with Crippen molar-refractivity contribution in [2.24, 2.45) is 12.5 Å². The molecule has 1 aliphatic rings. The highest BCUT2D eigenvalue weighted by Gasteiger charge is 2.48. The van der Waals surface area contributed by atoms with Gasteiger partial charge < -0.3 is 5.73 Å². The molecule has 2 N–H and O–H groups in total. The van der Waals surface area contributed by atoms with Gasteiger partial charge in [0.25, 0.3) is 0 Å². The lowest BCUT2D eigenvalue weighted by Crippen LogP contribution is -1.97. The molecule has 1 fully saturated rings. The van der Waals surface area contributed by atoms with E-state index in [9.17, 15) is 0 Å². The van der Waals surface area contributed by atoms with Crippen LogP contribution in [0.5, 0.6) is 0 Å². The van der Waals surface area contributed by atoms with Crippen LogP contribution < -0.4 is 5.73 Å². The van der Waals surface area contributed by atoms with Crippen molar-refractivity contribution in [2.75, 3.05) is 5.73 Å². The molecule has 3 heteroatoms. The minimum atomic E-state index is 0.436. The highest BCUT2D eigenvalue weighted by atomic mass is 15.3. The number of hydrogen-bond acceptors (Lipinski definition) is 2. The summed E-state index contributed by atoms with van der Waals surface area (Å²) in [6.45, 7) is 6.62. The normalized spacial score (nSPS) is 24.8. The minimum Gasteiger partial charge on any atom is -0.384 e. The minimum absolute atomic E-state index is 0.436. The molecule has 1 atom stereocenters. The molecule has 0 spiro atoms. The van der Waals surface area contributed by atoms with Crippen LogP contribution >= 0.6 is 0 Å². The topological polar surface area (TPSA) is 43.8 Å². The first-order chi connectivity index (χ1) is 5.93. The predicted molar refractivity (Wildman–Crippen MR) is 53.5 cm³/mol. The average Bonchev–Trinajstić information content (AvgIpc) is 2.59. The van der Waals surface area contributed by atoms with Gasteiger partial charge in [-0.2, -0.15) is 5.10 Å². The Kier molecular flexibility index (Phi) is 1.51. The van der Waals surface area contributed by atoms with E-state index in [0.717, 1.165) is 11.4 Å². The lowest BCUT2D eigenvalue weighted by atomic mass is 10.1. The number of aryl methyl sites for hydroxylation is 1. The largest absolute Gasteiger partial charge is 0.384 e. The zero-order chi connectivity index (χ0) is 9.80. The summed E-state index contributed by atoms with van der Waals surface area (Å²) in [5.41, 5.74) is 8.66. The van der Waals surface area contributed by atoms with Crippen molar-refractivity contribution in [3.63, 3.8) is 0 Å². The Morgan fingerprint density at radius 3 is 2.38 bits per heavy atom. The summed E-state index contributed by atoms with van der Waals surface area (Å²) >= 11 is 0. The fourth-order valence-electron chi connectivity index (χ4n) is 1.93. The van der Waals surface area contributed by atoms with Gasteiger partial charge in [-0.25, -0.2) is 0 Å². The molecule has 3 nitrogen and oxygen atoms in total. The Bertz CT molecular complexity index is 349. The van der Waals surface area contributed by atoms with E-state index in [1.807, 2.05) is 7.05 Å². The molecule has 1 aromatic rings. The summed E-state index contributed by atoms with van der Waals surface area (Å²) in [4.78, 5) is 0. The van der Waals surface area contributed by atoms with Crippen LogP contribution in [0.3, 0.4) is 0 Å². The molecule has 13 heavy (non-hydrogen) atoms. The number of nitrogen functional groups attached to an aromatic ring is 1. The van der Waals surface area contributed by atoms with E-state index in [0.29, 0.717) is 11.3 Å². The molecule has 0 bridgehead atoms. The third-order valence-electron chi connectivity index (χ3n) is 3.22. The van der Waals surface area contributed by atoms with Gasteiger partial charge in [-0.05, 0) is 18.8 Å². The Hall–Kier alpha value is -0.990. The number of nitrogens with zero attached hydrogens (tertiary/aromatic N) is 2. The van der Waals surface area contributed by atoms with Crippen LogP contribution in [0.2, 0.25) is 0 Å². The summed E-state index contributed by atoms with van der Waals surface area (Å²) < 4.78 is 1.78. The number of aromatic nitrogens is 2. The molecule has 72 valence electrons. The highest BCUT2D eigenvalue weighted by Crippen LogP contribution is 2.59. The first-order valence-corrected chi connectivity index (χ1v) is 4.72. The van der Waals surface area contributed by atoms with Gasteiger partial charge >= 0.3 is 0 Å². The molecule has 0 amide bonds. The highest BCUT2D eigenvalue weighted by molar-refractivity contribution is 5.45. The van der Waals surface area contributed by atoms with E-state index in [1.165, 1.54) is 12.1 Å². The van der Waals surface area contributed by atoms with Crippen molar-refractivity contribution in [1.29, 1.82) is 0 Å². The van der Waals surface area contributed by atoms with Crippen LogP contribution in [0.4, 0.5) is 5.82 Å². The number of anilines is 1. The second-order valence-electron chi connectivity index (χ2n) is 4.76. The van der Waals surface area contributed by atoms with Crippen LogP contribution in [0.25, 0.3) is 0 Å². The number of hydrogen-bond donors (Lipinski definition) is 1. The van der Waals surface area contributed by atoms with Crippen molar-refractivity contribution < 1.29 is 0 Å². The lowest BCUT2D eigenvalue weighted by molar-refractivity contribution is 0.608. The van der Waals surface area contributed by atoms with Crippen molar-refractivity contribution >= 4 is 5.82 Å². The summed E-state index contributed by atoms with van der Waals surface area (Å²) in [6, 6.07) is 0. The standard InChI is InChI=1S/C10H17N3/c1-6-8(7-5-10(7,2)3)12-13(4)9(6)11/h7H,5,11H2,1-4H3. The summed E-state index contributed by atoms with van der Waals surface area (Å²) in [5.74, 6) is 1.42. The fraction of sp³-hybridized carbons (Fsp3) is 0.700. The van der Waals surface area contributed by atoms with E-state index in [-0.39, 0.29) is 0 Å². The molecule has 1 aromatic heterocycles. The molecule has 0 saturated heterocycles. The van der Waals surface area contributed by atoms with Crippen LogP contribution in [0.15, 0.2) is 0 Å². The van der Waals surface area contributed by atoms with E-state index in [2.05, 4.69) is 25.9 Å². The molecular formula is C10H17N3. The molecule has 0 aliphatic heterocycles. The average molecular weight is 179 g/mol. The van der Waals surface area contributed by atoms with Crippen molar-refractivity contribution in [1.82, 2.24) is 9.78 Å². The van der Waals surface area contributed by atoms with E-state index in [1.54, 1.807) is 4.68 Å². The Balaban J connectivity index is 2.38. The molecule has 1 saturated carbocycles. The summed E-state index contributed by atoms with van der Waals surface area (Å²) in [5, 5.41) is 4.46. The van der Waals surface area contributed by atoms with Crippen LogP contribution in [0.1, 0.15) is 37.4 Å². The number of nitrogens with two attached hydrogens (primary N) is 1. The van der Waals surface area contributed by atoms with Crippen LogP contribution in [0, 0.1) is 12.3 Å². The quantitative estimate of drug-likeness (QED) is 0.714. The van der Waals surface area contributed by atoms with Gasteiger partial charge in [0, 0.05) is 18.5 Å². The zero-order valence-electron chi connectivity index (χ0n) is 8.76. The molecule has 0 aromatic carbocycles. The summed E-state index contributed by atoms with van der Waals surface area (Å²) in [6.07, 6.45) is 1.24. The van der Waals surface area contributed by atoms with Gasteiger partial charge in [-0.1, -0.05) is 13.8 Å². The van der Waals surface area contributed by atoms with Crippen molar-refractivity contribution in [3.8, 4) is 0 Å². The smallest absolute Gasteiger partial charge is 0.124 e. The molecule has 1 unspecified atom stereocenters. The SMILES string of the molecule is Cc1c(C2CC2(C)C)nn(C)c1N.